The molecule has 0 aliphatic heterocycles. The van der Waals surface area contributed by atoms with Crippen LogP contribution >= 0.6 is 0 Å². The third-order valence-electron chi connectivity index (χ3n) is 3.80. The summed E-state index contributed by atoms with van der Waals surface area (Å²) >= 11 is 0. The molecule has 4 nitrogen and oxygen atoms in total. The van der Waals surface area contributed by atoms with E-state index in [1.807, 2.05) is 0 Å². The van der Waals surface area contributed by atoms with Crippen molar-refractivity contribution < 1.29 is 14.6 Å². The molecule has 4 heteroatoms. The molecular weight excluding hydrogens is 266 g/mol. The first kappa shape index (κ1) is 20.8. The summed E-state index contributed by atoms with van der Waals surface area (Å²) in [6.45, 7) is 15.0. The summed E-state index contributed by atoms with van der Waals surface area (Å²) in [5.41, 5.74) is 0. The van der Waals surface area contributed by atoms with E-state index in [1.54, 1.807) is 0 Å². The molecule has 1 unspecified atom stereocenters. The van der Waals surface area contributed by atoms with Crippen LogP contribution in [0.25, 0.3) is 0 Å². The van der Waals surface area contributed by atoms with Gasteiger partial charge >= 0.3 is 0 Å². The Balaban J connectivity index is 3.51. The largest absolute Gasteiger partial charge is 0.389 e. The SMILES string of the molecule is CCCCOCCOCC(O)CNCC(C(C)C)C(C)C. The van der Waals surface area contributed by atoms with Crippen molar-refractivity contribution in [1.82, 2.24) is 5.32 Å². The zero-order valence-corrected chi connectivity index (χ0v) is 14.7. The van der Waals surface area contributed by atoms with Crippen LogP contribution in [0, 0.1) is 17.8 Å². The molecular formula is C17H37NO3. The summed E-state index contributed by atoms with van der Waals surface area (Å²) in [6, 6.07) is 0. The van der Waals surface area contributed by atoms with Gasteiger partial charge in [0, 0.05) is 13.2 Å². The molecule has 0 radical (unpaired) electrons. The number of aliphatic hydroxyl groups excluding tert-OH is 1. The van der Waals surface area contributed by atoms with E-state index in [1.165, 1.54) is 0 Å². The molecule has 0 aliphatic rings. The minimum Gasteiger partial charge on any atom is -0.389 e. The van der Waals surface area contributed by atoms with Gasteiger partial charge in [0.25, 0.3) is 0 Å². The van der Waals surface area contributed by atoms with Crippen molar-refractivity contribution in [3.8, 4) is 0 Å². The topological polar surface area (TPSA) is 50.7 Å². The van der Waals surface area contributed by atoms with Gasteiger partial charge in [0.05, 0.1) is 25.9 Å². The lowest BCUT2D eigenvalue weighted by molar-refractivity contribution is 0.00345. The molecule has 1 atom stereocenters. The quantitative estimate of drug-likeness (QED) is 0.484. The van der Waals surface area contributed by atoms with Crippen molar-refractivity contribution in [2.75, 3.05) is 39.5 Å². The third kappa shape index (κ3) is 12.1. The fourth-order valence-corrected chi connectivity index (χ4v) is 2.40. The highest BCUT2D eigenvalue weighted by molar-refractivity contribution is 4.70. The molecule has 0 bridgehead atoms. The van der Waals surface area contributed by atoms with E-state index in [-0.39, 0.29) is 0 Å². The van der Waals surface area contributed by atoms with E-state index >= 15 is 0 Å². The molecule has 0 aliphatic carbocycles. The van der Waals surface area contributed by atoms with Gasteiger partial charge in [-0.15, -0.1) is 0 Å². The van der Waals surface area contributed by atoms with Gasteiger partial charge in [0.2, 0.25) is 0 Å². The summed E-state index contributed by atoms with van der Waals surface area (Å²) in [6.07, 6.45) is 1.80. The van der Waals surface area contributed by atoms with Gasteiger partial charge in [-0.25, -0.2) is 0 Å². The van der Waals surface area contributed by atoms with Crippen molar-refractivity contribution >= 4 is 0 Å². The summed E-state index contributed by atoms with van der Waals surface area (Å²) in [7, 11) is 0. The fraction of sp³-hybridized carbons (Fsp3) is 1.00. The van der Waals surface area contributed by atoms with E-state index in [0.717, 1.165) is 26.0 Å². The van der Waals surface area contributed by atoms with Crippen LogP contribution in [-0.2, 0) is 9.47 Å². The highest BCUT2D eigenvalue weighted by Gasteiger charge is 2.17. The Bertz CT molecular complexity index is 214. The Labute approximate surface area is 131 Å². The first-order valence-electron chi connectivity index (χ1n) is 8.53. The van der Waals surface area contributed by atoms with Crippen molar-refractivity contribution in [3.05, 3.63) is 0 Å². The predicted molar refractivity (Wildman–Crippen MR) is 88.6 cm³/mol. The molecule has 0 aromatic heterocycles. The standard InChI is InChI=1S/C17H37NO3/c1-6-7-8-20-9-10-21-13-16(19)11-18-12-17(14(2)3)15(4)5/h14-19H,6-13H2,1-5H3. The molecule has 21 heavy (non-hydrogen) atoms. The van der Waals surface area contributed by atoms with Crippen LogP contribution in [0.2, 0.25) is 0 Å². The Morgan fingerprint density at radius 2 is 1.52 bits per heavy atom. The average Bonchev–Trinajstić information content (AvgIpc) is 2.41. The molecule has 0 spiro atoms. The number of unbranched alkanes of at least 4 members (excludes halogenated alkanes) is 1. The minimum absolute atomic E-state index is 0.373. The maximum atomic E-state index is 9.85. The first-order chi connectivity index (χ1) is 9.99. The number of rotatable bonds is 14. The molecule has 128 valence electrons. The van der Waals surface area contributed by atoms with Gasteiger partial charge < -0.3 is 19.9 Å². The second-order valence-electron chi connectivity index (χ2n) is 6.50. The number of nitrogens with one attached hydrogen (secondary N) is 1. The maximum absolute atomic E-state index is 9.85. The number of ether oxygens (including phenoxy) is 2. The van der Waals surface area contributed by atoms with E-state index in [9.17, 15) is 5.11 Å². The van der Waals surface area contributed by atoms with E-state index in [4.69, 9.17) is 9.47 Å². The summed E-state index contributed by atoms with van der Waals surface area (Å²) in [5.74, 6) is 1.96. The summed E-state index contributed by atoms with van der Waals surface area (Å²) in [4.78, 5) is 0. The van der Waals surface area contributed by atoms with E-state index < -0.39 is 6.10 Å². The van der Waals surface area contributed by atoms with Crippen molar-refractivity contribution in [2.45, 2.75) is 53.6 Å². The van der Waals surface area contributed by atoms with Gasteiger partial charge in [-0.05, 0) is 30.7 Å². The molecule has 2 N–H and O–H groups in total. The monoisotopic (exact) mass is 303 g/mol. The van der Waals surface area contributed by atoms with Crippen LogP contribution in [0.4, 0.5) is 0 Å². The molecule has 0 aromatic carbocycles. The van der Waals surface area contributed by atoms with Crippen molar-refractivity contribution in [2.24, 2.45) is 17.8 Å². The second-order valence-corrected chi connectivity index (χ2v) is 6.50. The van der Waals surface area contributed by atoms with Crippen LogP contribution in [0.15, 0.2) is 0 Å². The van der Waals surface area contributed by atoms with Gasteiger partial charge in [0.15, 0.2) is 0 Å². The molecule has 0 saturated heterocycles. The minimum atomic E-state index is -0.444. The highest BCUT2D eigenvalue weighted by Crippen LogP contribution is 2.19. The lowest BCUT2D eigenvalue weighted by Crippen LogP contribution is -2.36. The van der Waals surface area contributed by atoms with Crippen LogP contribution in [0.1, 0.15) is 47.5 Å². The summed E-state index contributed by atoms with van der Waals surface area (Å²) < 4.78 is 10.8. The van der Waals surface area contributed by atoms with Gasteiger partial charge in [-0.1, -0.05) is 41.0 Å². The molecule has 0 heterocycles. The van der Waals surface area contributed by atoms with Gasteiger partial charge in [-0.3, -0.25) is 0 Å². The molecule has 0 saturated carbocycles. The summed E-state index contributed by atoms with van der Waals surface area (Å²) in [5, 5.41) is 13.2. The average molecular weight is 303 g/mol. The maximum Gasteiger partial charge on any atom is 0.0897 e. The van der Waals surface area contributed by atoms with Crippen LogP contribution < -0.4 is 5.32 Å². The number of aliphatic hydroxyl groups is 1. The molecule has 0 rings (SSSR count). The van der Waals surface area contributed by atoms with Crippen LogP contribution in [0.5, 0.6) is 0 Å². The van der Waals surface area contributed by atoms with Crippen molar-refractivity contribution in [1.29, 1.82) is 0 Å². The molecule has 0 aromatic rings. The molecule has 0 fully saturated rings. The Morgan fingerprint density at radius 1 is 0.905 bits per heavy atom. The lowest BCUT2D eigenvalue weighted by Gasteiger charge is -2.25. The van der Waals surface area contributed by atoms with E-state index in [2.05, 4.69) is 39.9 Å². The number of hydrogen-bond donors (Lipinski definition) is 2. The van der Waals surface area contributed by atoms with Crippen molar-refractivity contribution in [3.63, 3.8) is 0 Å². The molecule has 0 amide bonds. The van der Waals surface area contributed by atoms with Crippen LogP contribution in [0.3, 0.4) is 0 Å². The Kier molecular flexibility index (Phi) is 13.4. The van der Waals surface area contributed by atoms with Gasteiger partial charge in [-0.2, -0.15) is 0 Å². The van der Waals surface area contributed by atoms with E-state index in [0.29, 0.717) is 44.1 Å². The Hall–Kier alpha value is -0.160. The van der Waals surface area contributed by atoms with Gasteiger partial charge in [0.1, 0.15) is 0 Å². The lowest BCUT2D eigenvalue weighted by atomic mass is 9.85. The van der Waals surface area contributed by atoms with Crippen LogP contribution in [-0.4, -0.2) is 50.7 Å². The third-order valence-corrected chi connectivity index (χ3v) is 3.80. The smallest absolute Gasteiger partial charge is 0.0897 e. The second kappa shape index (κ2) is 13.5. The highest BCUT2D eigenvalue weighted by atomic mass is 16.5. The zero-order valence-electron chi connectivity index (χ0n) is 14.7. The fourth-order valence-electron chi connectivity index (χ4n) is 2.40. The Morgan fingerprint density at radius 3 is 2.10 bits per heavy atom. The predicted octanol–water partition coefficient (Wildman–Crippen LogP) is 2.70. The number of hydrogen-bond acceptors (Lipinski definition) is 4. The normalized spacial score (nSPS) is 13.6. The first-order valence-corrected chi connectivity index (χ1v) is 8.53. The zero-order chi connectivity index (χ0) is 16.1.